The minimum absolute atomic E-state index is 0.131. The summed E-state index contributed by atoms with van der Waals surface area (Å²) in [5, 5.41) is 27.8. The summed E-state index contributed by atoms with van der Waals surface area (Å²) in [6.07, 6.45) is 0.00210. The van der Waals surface area contributed by atoms with Crippen molar-refractivity contribution in [3.8, 4) is 28.2 Å². The zero-order valence-electron chi connectivity index (χ0n) is 25.2. The largest absolute Gasteiger partial charge is 0.618 e. The van der Waals surface area contributed by atoms with Crippen LogP contribution in [0.5, 0.6) is 0 Å². The number of nitrogens with zero attached hydrogens (tertiary/aromatic N) is 9. The second-order valence-corrected chi connectivity index (χ2v) is 8.76. The highest BCUT2D eigenvalue weighted by atomic mass is 35.5. The highest BCUT2D eigenvalue weighted by Gasteiger charge is 2.35. The minimum atomic E-state index is -4.83. The van der Waals surface area contributed by atoms with Crippen LogP contribution < -0.4 is 4.73 Å². The average Bonchev–Trinajstić information content (AvgIpc) is 3.68. The summed E-state index contributed by atoms with van der Waals surface area (Å²) in [7, 11) is -1.50. The molecule has 0 fully saturated rings. The number of alkyl halides is 3. The molecule has 4 heterocycles. The summed E-state index contributed by atoms with van der Waals surface area (Å²) in [6, 6.07) is 3.46. The van der Waals surface area contributed by atoms with Crippen molar-refractivity contribution in [1.82, 2.24) is 39.5 Å². The molecule has 0 saturated heterocycles. The van der Waals surface area contributed by atoms with E-state index in [0.29, 0.717) is 22.3 Å². The van der Waals surface area contributed by atoms with E-state index in [1.165, 1.54) is 46.3 Å². The van der Waals surface area contributed by atoms with Gasteiger partial charge >= 0.3 is 6.18 Å². The van der Waals surface area contributed by atoms with E-state index in [1.807, 2.05) is 0 Å². The average molecular weight is 583 g/mol. The van der Waals surface area contributed by atoms with Gasteiger partial charge in [-0.2, -0.15) is 28.1 Å². The second kappa shape index (κ2) is 10.7. The lowest BCUT2D eigenvalue weighted by atomic mass is 10.0. The number of rotatable bonds is 8. The number of aromatic nitrogens is 9. The van der Waals surface area contributed by atoms with Gasteiger partial charge in [-0.15, -0.1) is 5.10 Å². The summed E-state index contributed by atoms with van der Waals surface area (Å²) < 4.78 is 102. The fourth-order valence-electron chi connectivity index (χ4n) is 4.05. The van der Waals surface area contributed by atoms with Crippen molar-refractivity contribution < 1.29 is 33.9 Å². The van der Waals surface area contributed by atoms with E-state index in [1.54, 1.807) is 7.05 Å². The molecule has 0 bridgehead atoms. The molecular weight excluding hydrogens is 558 g/mol. The molecule has 0 N–H and O–H groups in total. The van der Waals surface area contributed by atoms with Gasteiger partial charge in [0.05, 0.1) is 46.6 Å². The van der Waals surface area contributed by atoms with Gasteiger partial charge in [0.1, 0.15) is 12.4 Å². The molecule has 0 amide bonds. The van der Waals surface area contributed by atoms with Gasteiger partial charge in [0.15, 0.2) is 23.5 Å². The highest BCUT2D eigenvalue weighted by molar-refractivity contribution is 6.31. The predicted molar refractivity (Wildman–Crippen MR) is 133 cm³/mol. The van der Waals surface area contributed by atoms with Crippen LogP contribution in [0.3, 0.4) is 0 Å². The second-order valence-electron chi connectivity index (χ2n) is 8.35. The predicted octanol–water partition coefficient (Wildman–Crippen LogP) is 4.00. The van der Waals surface area contributed by atoms with Gasteiger partial charge < -0.3 is 9.94 Å². The number of ether oxygens (including phenoxy) is 1. The number of hydrogen-bond acceptors (Lipinski definition) is 7. The van der Waals surface area contributed by atoms with Gasteiger partial charge in [-0.25, -0.2) is 18.7 Å². The Balaban J connectivity index is 1.60. The molecule has 1 aromatic carbocycles. The molecule has 5 aromatic rings. The Morgan fingerprint density at radius 2 is 2.02 bits per heavy atom. The van der Waals surface area contributed by atoms with E-state index >= 15 is 4.39 Å². The maximum atomic E-state index is 15.4. The van der Waals surface area contributed by atoms with E-state index in [2.05, 4.69) is 30.2 Å². The van der Waals surface area contributed by atoms with Crippen LogP contribution in [0.4, 0.5) is 17.6 Å². The Morgan fingerprint density at radius 1 is 1.20 bits per heavy atom. The van der Waals surface area contributed by atoms with E-state index < -0.39 is 48.8 Å². The van der Waals surface area contributed by atoms with Crippen molar-refractivity contribution >= 4 is 11.6 Å². The molecule has 0 aliphatic heterocycles. The van der Waals surface area contributed by atoms with Crippen LogP contribution in [0.15, 0.2) is 55.4 Å². The maximum absolute atomic E-state index is 15.4. The molecule has 5 rings (SSSR count). The summed E-state index contributed by atoms with van der Waals surface area (Å²) in [4.78, 5) is 4.12. The van der Waals surface area contributed by atoms with Crippen molar-refractivity contribution in [1.29, 1.82) is 0 Å². The zero-order valence-corrected chi connectivity index (χ0v) is 21.0. The highest BCUT2D eigenvalue weighted by Crippen LogP contribution is 2.35. The van der Waals surface area contributed by atoms with Crippen molar-refractivity contribution in [2.45, 2.75) is 18.6 Å². The number of methoxy groups -OCH3 is 1. The lowest BCUT2D eigenvalue weighted by molar-refractivity contribution is -0.615. The molecule has 208 valence electrons. The first-order chi connectivity index (χ1) is 20.9. The Labute approximate surface area is 235 Å². The number of hydrogen-bond donors (Lipinski definition) is 0. The van der Waals surface area contributed by atoms with Crippen molar-refractivity contribution in [2.75, 3.05) is 13.6 Å². The number of benzene rings is 1. The molecule has 0 unspecified atom stereocenters. The van der Waals surface area contributed by atoms with Gasteiger partial charge in [0.25, 0.3) is 0 Å². The van der Waals surface area contributed by atoms with Crippen molar-refractivity contribution in [2.24, 2.45) is 7.05 Å². The lowest BCUT2D eigenvalue weighted by Gasteiger charge is -2.18. The smallest absolute Gasteiger partial charge is 0.436 e. The molecular formula is C24H20ClF4N9O2. The molecule has 40 heavy (non-hydrogen) atoms. The zero-order chi connectivity index (χ0) is 32.9. The molecule has 0 aliphatic carbocycles. The summed E-state index contributed by atoms with van der Waals surface area (Å²) >= 11 is 5.97. The van der Waals surface area contributed by atoms with E-state index in [0.717, 1.165) is 12.3 Å². The fourth-order valence-corrected chi connectivity index (χ4v) is 4.21. The third-order valence-electron chi connectivity index (χ3n) is 5.92. The molecule has 16 heteroatoms. The molecule has 0 radical (unpaired) electrons. The summed E-state index contributed by atoms with van der Waals surface area (Å²) in [5.41, 5.74) is -1.80. The first kappa shape index (κ1) is 21.5. The molecule has 1 atom stereocenters. The van der Waals surface area contributed by atoms with Crippen molar-refractivity contribution in [3.05, 3.63) is 82.8 Å². The van der Waals surface area contributed by atoms with E-state index in [9.17, 15) is 18.4 Å². The molecule has 4 aromatic heterocycles. The van der Waals surface area contributed by atoms with Gasteiger partial charge in [0, 0.05) is 39.3 Å². The van der Waals surface area contributed by atoms with E-state index in [4.69, 9.17) is 18.5 Å². The van der Waals surface area contributed by atoms with Gasteiger partial charge in [-0.1, -0.05) is 16.8 Å². The SMILES string of the molecule is [2H]C([2H])([2H])OC([2H])([2H])C[C@H](c1ccc(-c2c(-n3cc(C(F)(F)F)nn3)ccc(Cl)c2F)c[n+]1[O-])n1cc(-c2ncnn2C)cn1. The first-order valence-electron chi connectivity index (χ1n) is 13.7. The van der Waals surface area contributed by atoms with E-state index in [-0.39, 0.29) is 27.2 Å². The van der Waals surface area contributed by atoms with Gasteiger partial charge in [0.2, 0.25) is 5.69 Å². The first-order valence-corrected chi connectivity index (χ1v) is 11.6. The van der Waals surface area contributed by atoms with Crippen LogP contribution in [0.2, 0.25) is 5.02 Å². The number of halogens is 5. The summed E-state index contributed by atoms with van der Waals surface area (Å²) in [5.74, 6) is -0.678. The Hall–Kier alpha value is -4.37. The topological polar surface area (TPSA) is 115 Å². The van der Waals surface area contributed by atoms with Gasteiger partial charge in [-0.3, -0.25) is 4.68 Å². The van der Waals surface area contributed by atoms with Crippen LogP contribution in [0.25, 0.3) is 28.2 Å². The Kier molecular flexibility index (Phi) is 5.71. The quantitative estimate of drug-likeness (QED) is 0.154. The van der Waals surface area contributed by atoms with Gasteiger partial charge in [-0.05, 0) is 18.2 Å². The standard InChI is InChI=1S/C24H20ClF4N9O2/c1-35-23(30-13-32-35)15-9-31-36(10-15)17(7-8-40-2)18-5-3-14(11-38(18)39)21-19(6-4-16(25)22(21)26)37-12-20(33-34-37)24(27,28)29/h3-6,9-13,17H,7-8H2,1-2H3/t17-/m1/s1/i2D3,8D2. The third kappa shape index (κ3) is 5.12. The number of aryl methyl sites for hydroxylation is 1. The molecule has 0 aliphatic rings. The monoisotopic (exact) mass is 582 g/mol. The van der Waals surface area contributed by atoms with Crippen LogP contribution in [0.1, 0.15) is 30.7 Å². The minimum Gasteiger partial charge on any atom is -0.618 e. The maximum Gasteiger partial charge on any atom is 0.436 e. The normalized spacial score (nSPS) is 15.2. The number of pyridine rings is 1. The Bertz CT molecular complexity index is 1860. The third-order valence-corrected chi connectivity index (χ3v) is 6.21. The fraction of sp³-hybridized carbons (Fsp3) is 0.250. The Morgan fingerprint density at radius 3 is 2.70 bits per heavy atom. The van der Waals surface area contributed by atoms with Crippen molar-refractivity contribution in [3.63, 3.8) is 0 Å². The van der Waals surface area contributed by atoms with Crippen LogP contribution in [-0.2, 0) is 18.0 Å². The lowest BCUT2D eigenvalue weighted by Crippen LogP contribution is -2.36. The molecule has 0 spiro atoms. The summed E-state index contributed by atoms with van der Waals surface area (Å²) in [6.45, 7) is -2.80. The molecule has 0 saturated carbocycles. The van der Waals surface area contributed by atoms with Crippen LogP contribution in [-0.4, -0.2) is 53.1 Å². The van der Waals surface area contributed by atoms with Crippen LogP contribution >= 0.6 is 11.6 Å². The molecule has 11 nitrogen and oxygen atoms in total. The van der Waals surface area contributed by atoms with Crippen LogP contribution in [0, 0.1) is 11.0 Å².